The highest BCUT2D eigenvalue weighted by atomic mass is 32.1. The molecule has 1 N–H and O–H groups in total. The number of aromatic nitrogens is 1. The van der Waals surface area contributed by atoms with Gasteiger partial charge in [0.2, 0.25) is 0 Å². The van der Waals surface area contributed by atoms with Crippen LogP contribution in [0.4, 0.5) is 0 Å². The van der Waals surface area contributed by atoms with Crippen molar-refractivity contribution in [2.75, 3.05) is 13.7 Å². The van der Waals surface area contributed by atoms with Gasteiger partial charge in [0.05, 0.1) is 29.5 Å². The number of para-hydroxylation sites is 1. The number of nitrogens with zero attached hydrogens (tertiary/aromatic N) is 2. The summed E-state index contributed by atoms with van der Waals surface area (Å²) in [6.45, 7) is 4.25. The number of benzene rings is 2. The molecule has 2 aromatic carbocycles. The average Bonchev–Trinajstić information content (AvgIpc) is 3.11. The average molecular weight is 465 g/mol. The van der Waals surface area contributed by atoms with Crippen LogP contribution in [0.5, 0.6) is 11.5 Å². The molecule has 0 bridgehead atoms. The molecular formula is C25H24N2O5S. The molecule has 8 heteroatoms. The van der Waals surface area contributed by atoms with Crippen molar-refractivity contribution >= 4 is 23.4 Å². The molecule has 1 atom stereocenters. The van der Waals surface area contributed by atoms with E-state index in [-0.39, 0.29) is 11.3 Å². The second kappa shape index (κ2) is 9.46. The number of aromatic hydroxyl groups is 1. The van der Waals surface area contributed by atoms with E-state index in [2.05, 4.69) is 4.99 Å². The molecule has 0 fully saturated rings. The number of phenolic OH excluding ortho intramolecular Hbond substituents is 1. The molecule has 0 spiro atoms. The Balaban J connectivity index is 1.98. The Morgan fingerprint density at radius 3 is 2.76 bits per heavy atom. The van der Waals surface area contributed by atoms with E-state index in [4.69, 9.17) is 9.47 Å². The van der Waals surface area contributed by atoms with Gasteiger partial charge in [-0.1, -0.05) is 48.6 Å². The Morgan fingerprint density at radius 2 is 2.03 bits per heavy atom. The Bertz CT molecular complexity index is 1420. The van der Waals surface area contributed by atoms with Crippen LogP contribution in [0.15, 0.2) is 69.6 Å². The maximum absolute atomic E-state index is 13.6. The molecule has 33 heavy (non-hydrogen) atoms. The number of esters is 1. The monoisotopic (exact) mass is 464 g/mol. The van der Waals surface area contributed by atoms with E-state index in [1.165, 1.54) is 23.0 Å². The Hall–Kier alpha value is -3.65. The van der Waals surface area contributed by atoms with Gasteiger partial charge in [-0.05, 0) is 43.2 Å². The fourth-order valence-corrected chi connectivity index (χ4v) is 4.85. The normalized spacial score (nSPS) is 15.7. The van der Waals surface area contributed by atoms with Crippen molar-refractivity contribution in [3.8, 4) is 11.5 Å². The van der Waals surface area contributed by atoms with Gasteiger partial charge < -0.3 is 14.6 Å². The minimum Gasteiger partial charge on any atom is -0.508 e. The fourth-order valence-electron chi connectivity index (χ4n) is 3.80. The Labute approximate surface area is 194 Å². The highest BCUT2D eigenvalue weighted by Gasteiger charge is 2.34. The predicted molar refractivity (Wildman–Crippen MR) is 126 cm³/mol. The van der Waals surface area contributed by atoms with E-state index in [9.17, 15) is 14.7 Å². The van der Waals surface area contributed by atoms with E-state index in [1.807, 2.05) is 31.2 Å². The Kier molecular flexibility index (Phi) is 6.46. The highest BCUT2D eigenvalue weighted by Crippen LogP contribution is 2.35. The lowest BCUT2D eigenvalue weighted by Gasteiger charge is -2.26. The maximum Gasteiger partial charge on any atom is 0.338 e. The molecule has 0 saturated carbocycles. The molecule has 7 nitrogen and oxygen atoms in total. The Morgan fingerprint density at radius 1 is 1.24 bits per heavy atom. The number of allylic oxidation sites excluding steroid dienone is 1. The van der Waals surface area contributed by atoms with Crippen LogP contribution < -0.4 is 19.6 Å². The third-order valence-electron chi connectivity index (χ3n) is 5.27. The smallest absolute Gasteiger partial charge is 0.338 e. The van der Waals surface area contributed by atoms with Gasteiger partial charge in [0.15, 0.2) is 4.80 Å². The maximum atomic E-state index is 13.6. The van der Waals surface area contributed by atoms with Gasteiger partial charge in [-0.15, -0.1) is 0 Å². The van der Waals surface area contributed by atoms with Gasteiger partial charge in [0.1, 0.15) is 17.5 Å². The van der Waals surface area contributed by atoms with E-state index in [0.29, 0.717) is 44.1 Å². The minimum absolute atomic E-state index is 0.111. The van der Waals surface area contributed by atoms with E-state index < -0.39 is 12.0 Å². The van der Waals surface area contributed by atoms with Crippen molar-refractivity contribution in [2.45, 2.75) is 26.3 Å². The van der Waals surface area contributed by atoms with Gasteiger partial charge in [-0.2, -0.15) is 0 Å². The van der Waals surface area contributed by atoms with Gasteiger partial charge in [0.25, 0.3) is 5.56 Å². The summed E-state index contributed by atoms with van der Waals surface area (Å²) >= 11 is 1.23. The first-order valence-corrected chi connectivity index (χ1v) is 11.4. The number of thiazole rings is 1. The molecule has 4 rings (SSSR count). The number of carbonyl (C=O) groups is 1. The van der Waals surface area contributed by atoms with Crippen molar-refractivity contribution in [3.63, 3.8) is 0 Å². The fraction of sp³-hybridized carbons (Fsp3) is 0.240. The molecule has 0 amide bonds. The van der Waals surface area contributed by atoms with E-state index in [1.54, 1.807) is 37.3 Å². The SMILES string of the molecule is CCCOc1ccccc1C1C(C(=O)OC)=C(C)N=c2s/c(=C/c3cccc(O)c3)c(=O)n21. The predicted octanol–water partition coefficient (Wildman–Crippen LogP) is 2.90. The summed E-state index contributed by atoms with van der Waals surface area (Å²) in [6.07, 6.45) is 2.52. The van der Waals surface area contributed by atoms with Crippen LogP contribution in [0.1, 0.15) is 37.4 Å². The van der Waals surface area contributed by atoms with Crippen molar-refractivity contribution in [1.82, 2.24) is 4.57 Å². The van der Waals surface area contributed by atoms with Crippen molar-refractivity contribution in [1.29, 1.82) is 0 Å². The van der Waals surface area contributed by atoms with Crippen LogP contribution in [0.2, 0.25) is 0 Å². The lowest BCUT2D eigenvalue weighted by molar-refractivity contribution is -0.136. The summed E-state index contributed by atoms with van der Waals surface area (Å²) in [4.78, 5) is 31.4. The topological polar surface area (TPSA) is 90.1 Å². The molecule has 1 aliphatic rings. The highest BCUT2D eigenvalue weighted by molar-refractivity contribution is 7.07. The standard InChI is InChI=1S/C25H24N2O5S/c1-4-12-32-19-11-6-5-10-18(19)22-21(24(30)31-3)15(2)26-25-27(22)23(29)20(33-25)14-16-8-7-9-17(28)13-16/h5-11,13-14,22,28H,4,12H2,1-3H3/b20-14+. The molecule has 3 aromatic rings. The third kappa shape index (κ3) is 4.34. The second-order valence-electron chi connectivity index (χ2n) is 7.55. The quantitative estimate of drug-likeness (QED) is 0.567. The number of rotatable bonds is 6. The first-order chi connectivity index (χ1) is 15.9. The van der Waals surface area contributed by atoms with Gasteiger partial charge in [-0.25, -0.2) is 9.79 Å². The summed E-state index contributed by atoms with van der Waals surface area (Å²) in [5.74, 6) is 0.164. The molecule has 1 aromatic heterocycles. The van der Waals surface area contributed by atoms with Gasteiger partial charge in [0, 0.05) is 5.56 Å². The van der Waals surface area contributed by atoms with Crippen molar-refractivity contribution in [2.24, 2.45) is 4.99 Å². The number of phenols is 1. The van der Waals surface area contributed by atoms with Gasteiger partial charge in [-0.3, -0.25) is 9.36 Å². The van der Waals surface area contributed by atoms with Crippen LogP contribution in [0.25, 0.3) is 6.08 Å². The molecule has 2 heterocycles. The molecule has 1 unspecified atom stereocenters. The summed E-state index contributed by atoms with van der Waals surface area (Å²) in [5.41, 5.74) is 1.87. The number of hydrogen-bond acceptors (Lipinski definition) is 7. The van der Waals surface area contributed by atoms with Gasteiger partial charge >= 0.3 is 5.97 Å². The summed E-state index contributed by atoms with van der Waals surface area (Å²) in [6, 6.07) is 13.3. The number of carbonyl (C=O) groups excluding carboxylic acids is 1. The molecule has 170 valence electrons. The largest absolute Gasteiger partial charge is 0.508 e. The minimum atomic E-state index is -0.743. The summed E-state index contributed by atoms with van der Waals surface area (Å²) in [5, 5.41) is 9.78. The third-order valence-corrected chi connectivity index (χ3v) is 6.25. The number of ether oxygens (including phenoxy) is 2. The number of fused-ring (bicyclic) bond motifs is 1. The van der Waals surface area contributed by atoms with Crippen molar-refractivity contribution < 1.29 is 19.4 Å². The zero-order chi connectivity index (χ0) is 23.5. The molecule has 0 saturated heterocycles. The van der Waals surface area contributed by atoms with Crippen LogP contribution in [0, 0.1) is 0 Å². The number of methoxy groups -OCH3 is 1. The van der Waals surface area contributed by atoms with Crippen LogP contribution in [-0.4, -0.2) is 29.4 Å². The first kappa shape index (κ1) is 22.5. The van der Waals surface area contributed by atoms with Crippen LogP contribution >= 0.6 is 11.3 Å². The zero-order valence-electron chi connectivity index (χ0n) is 18.6. The zero-order valence-corrected chi connectivity index (χ0v) is 19.4. The lowest BCUT2D eigenvalue weighted by Crippen LogP contribution is -2.40. The molecule has 1 aliphatic heterocycles. The molecular weight excluding hydrogens is 440 g/mol. The molecule has 0 radical (unpaired) electrons. The lowest BCUT2D eigenvalue weighted by atomic mass is 9.95. The van der Waals surface area contributed by atoms with Crippen LogP contribution in [-0.2, 0) is 9.53 Å². The first-order valence-electron chi connectivity index (χ1n) is 10.6. The second-order valence-corrected chi connectivity index (χ2v) is 8.56. The van der Waals surface area contributed by atoms with E-state index in [0.717, 1.165) is 6.42 Å². The van der Waals surface area contributed by atoms with Crippen molar-refractivity contribution in [3.05, 3.63) is 90.6 Å². The summed E-state index contributed by atoms with van der Waals surface area (Å²) in [7, 11) is 1.31. The number of hydrogen-bond donors (Lipinski definition) is 1. The van der Waals surface area contributed by atoms with Crippen LogP contribution in [0.3, 0.4) is 0 Å². The van der Waals surface area contributed by atoms with E-state index >= 15 is 0 Å². The molecule has 0 aliphatic carbocycles. The summed E-state index contributed by atoms with van der Waals surface area (Å²) < 4.78 is 13.0.